The van der Waals surface area contributed by atoms with Crippen LogP contribution in [0, 0.1) is 17.2 Å². The Labute approximate surface area is 189 Å². The molecule has 3 fully saturated rings. The molecule has 3 saturated heterocycles. The van der Waals surface area contributed by atoms with Gasteiger partial charge in [0.2, 0.25) is 0 Å². The van der Waals surface area contributed by atoms with Crippen LogP contribution >= 0.6 is 11.5 Å². The summed E-state index contributed by atoms with van der Waals surface area (Å²) >= 11 is 1.18. The summed E-state index contributed by atoms with van der Waals surface area (Å²) < 4.78 is 4.42. The van der Waals surface area contributed by atoms with Crippen molar-refractivity contribution in [3.05, 3.63) is 52.9 Å². The Morgan fingerprint density at radius 2 is 1.88 bits per heavy atom. The topological polar surface area (TPSA) is 110 Å². The summed E-state index contributed by atoms with van der Waals surface area (Å²) in [5, 5.41) is 18.4. The van der Waals surface area contributed by atoms with Crippen molar-refractivity contribution >= 4 is 45.7 Å². The van der Waals surface area contributed by atoms with E-state index in [4.69, 9.17) is 5.26 Å². The SMILES string of the molecule is N#Cc1cccc(NC(=O)Nc2ccc3c(C(=O)N[C@@H]4CN5CCC4CC5)snc3c2)c1. The third kappa shape index (κ3) is 4.15. The zero-order valence-corrected chi connectivity index (χ0v) is 18.1. The van der Waals surface area contributed by atoms with Crippen LogP contribution in [0.3, 0.4) is 0 Å². The number of piperidine rings is 3. The third-order valence-electron chi connectivity index (χ3n) is 6.16. The number of nitrogens with one attached hydrogen (secondary N) is 3. The average Bonchev–Trinajstić information content (AvgIpc) is 3.23. The van der Waals surface area contributed by atoms with E-state index in [0.29, 0.717) is 33.2 Å². The molecule has 4 heterocycles. The number of rotatable bonds is 4. The zero-order chi connectivity index (χ0) is 22.1. The zero-order valence-electron chi connectivity index (χ0n) is 17.3. The van der Waals surface area contributed by atoms with Gasteiger partial charge in [0.15, 0.2) is 0 Å². The molecule has 32 heavy (non-hydrogen) atoms. The lowest BCUT2D eigenvalue weighted by Gasteiger charge is -2.44. The molecular weight excluding hydrogens is 424 g/mol. The smallest absolute Gasteiger partial charge is 0.323 e. The molecule has 3 aliphatic heterocycles. The first-order valence-electron chi connectivity index (χ1n) is 10.6. The molecule has 162 valence electrons. The van der Waals surface area contributed by atoms with Crippen molar-refractivity contribution in [2.45, 2.75) is 18.9 Å². The van der Waals surface area contributed by atoms with Gasteiger partial charge >= 0.3 is 6.03 Å². The van der Waals surface area contributed by atoms with Gasteiger partial charge in [0, 0.05) is 29.3 Å². The number of hydrogen-bond donors (Lipinski definition) is 3. The molecule has 3 N–H and O–H groups in total. The normalized spacial score (nSPS) is 21.7. The molecule has 3 amide bonds. The third-order valence-corrected chi connectivity index (χ3v) is 7.04. The summed E-state index contributed by atoms with van der Waals surface area (Å²) in [7, 11) is 0. The summed E-state index contributed by atoms with van der Waals surface area (Å²) in [4.78, 5) is 28.3. The predicted octanol–water partition coefficient (Wildman–Crippen LogP) is 3.64. The molecular formula is C23H22N6O2S. The van der Waals surface area contributed by atoms with Crippen LogP contribution in [0.2, 0.25) is 0 Å². The second-order valence-corrected chi connectivity index (χ2v) is 9.01. The molecule has 0 spiro atoms. The molecule has 0 aliphatic carbocycles. The number of hydrogen-bond acceptors (Lipinski definition) is 6. The minimum Gasteiger partial charge on any atom is -0.347 e. The van der Waals surface area contributed by atoms with E-state index < -0.39 is 6.03 Å². The maximum absolute atomic E-state index is 12.9. The molecule has 0 saturated carbocycles. The van der Waals surface area contributed by atoms with Crippen molar-refractivity contribution in [3.63, 3.8) is 0 Å². The predicted molar refractivity (Wildman–Crippen MR) is 124 cm³/mol. The Bertz CT molecular complexity index is 1220. The highest BCUT2D eigenvalue weighted by atomic mass is 32.1. The quantitative estimate of drug-likeness (QED) is 0.567. The van der Waals surface area contributed by atoms with Gasteiger partial charge in [-0.1, -0.05) is 6.07 Å². The highest BCUT2D eigenvalue weighted by Gasteiger charge is 2.35. The Morgan fingerprint density at radius 1 is 1.09 bits per heavy atom. The number of carbonyl (C=O) groups excluding carboxylic acids is 2. The van der Waals surface area contributed by atoms with Crippen LogP contribution in [0.1, 0.15) is 28.1 Å². The van der Waals surface area contributed by atoms with Gasteiger partial charge in [0.25, 0.3) is 5.91 Å². The minimum atomic E-state index is -0.421. The van der Waals surface area contributed by atoms with Crippen molar-refractivity contribution in [1.82, 2.24) is 14.6 Å². The van der Waals surface area contributed by atoms with E-state index >= 15 is 0 Å². The van der Waals surface area contributed by atoms with Crippen LogP contribution in [0.25, 0.3) is 10.9 Å². The average molecular weight is 447 g/mol. The van der Waals surface area contributed by atoms with Gasteiger partial charge in [0.1, 0.15) is 4.88 Å². The standard InChI is InChI=1S/C23H22N6O2S/c24-12-14-2-1-3-16(10-14)25-23(31)26-17-4-5-18-19(11-17)28-32-21(18)22(30)27-20-13-29-8-6-15(20)7-9-29/h1-5,10-11,15,20H,6-9,13H2,(H,27,30)(H2,25,26,31)/t20-/m1/s1. The van der Waals surface area contributed by atoms with Gasteiger partial charge in [-0.15, -0.1) is 0 Å². The number of benzene rings is 2. The van der Waals surface area contributed by atoms with Crippen molar-refractivity contribution in [2.24, 2.45) is 5.92 Å². The van der Waals surface area contributed by atoms with E-state index in [9.17, 15) is 9.59 Å². The summed E-state index contributed by atoms with van der Waals surface area (Å²) in [5.74, 6) is 0.485. The van der Waals surface area contributed by atoms with Crippen molar-refractivity contribution in [1.29, 1.82) is 5.26 Å². The molecule has 8 nitrogen and oxygen atoms in total. The summed E-state index contributed by atoms with van der Waals surface area (Å²) in [6.07, 6.45) is 2.29. The Morgan fingerprint density at radius 3 is 2.59 bits per heavy atom. The van der Waals surface area contributed by atoms with Crippen LogP contribution in [0.5, 0.6) is 0 Å². The first-order chi connectivity index (χ1) is 15.6. The molecule has 0 radical (unpaired) electrons. The van der Waals surface area contributed by atoms with Crippen molar-refractivity contribution in [2.75, 3.05) is 30.3 Å². The van der Waals surface area contributed by atoms with Crippen molar-refractivity contribution < 1.29 is 9.59 Å². The van der Waals surface area contributed by atoms with Crippen LogP contribution in [0.4, 0.5) is 16.2 Å². The van der Waals surface area contributed by atoms with E-state index in [1.807, 2.05) is 12.1 Å². The summed E-state index contributed by atoms with van der Waals surface area (Å²) in [6, 6.07) is 13.8. The van der Waals surface area contributed by atoms with Crippen LogP contribution in [-0.2, 0) is 0 Å². The minimum absolute atomic E-state index is 0.0768. The summed E-state index contributed by atoms with van der Waals surface area (Å²) in [6.45, 7) is 3.19. The van der Waals surface area contributed by atoms with Crippen LogP contribution in [-0.4, -0.2) is 46.9 Å². The number of carbonyl (C=O) groups is 2. The Balaban J connectivity index is 1.26. The lowest BCUT2D eigenvalue weighted by atomic mass is 9.84. The first-order valence-corrected chi connectivity index (χ1v) is 11.4. The molecule has 1 atom stereocenters. The number of amides is 3. The van der Waals surface area contributed by atoms with Gasteiger partial charge in [-0.05, 0) is 79.8 Å². The largest absolute Gasteiger partial charge is 0.347 e. The van der Waals surface area contributed by atoms with Gasteiger partial charge in [-0.25, -0.2) is 4.79 Å². The molecule has 1 aromatic heterocycles. The molecule has 6 rings (SSSR count). The molecule has 3 aromatic rings. The fourth-order valence-electron chi connectivity index (χ4n) is 4.51. The molecule has 2 aromatic carbocycles. The fraction of sp³-hybridized carbons (Fsp3) is 0.304. The monoisotopic (exact) mass is 446 g/mol. The second kappa shape index (κ2) is 8.57. The van der Waals surface area contributed by atoms with Crippen LogP contribution in [0.15, 0.2) is 42.5 Å². The number of nitriles is 1. The highest BCUT2D eigenvalue weighted by molar-refractivity contribution is 7.09. The van der Waals surface area contributed by atoms with E-state index in [1.165, 1.54) is 11.5 Å². The number of anilines is 2. The van der Waals surface area contributed by atoms with Crippen LogP contribution < -0.4 is 16.0 Å². The maximum Gasteiger partial charge on any atom is 0.323 e. The van der Waals surface area contributed by atoms with E-state index in [2.05, 4.69) is 25.2 Å². The summed E-state index contributed by atoms with van der Waals surface area (Å²) in [5.41, 5.74) is 2.23. The number of fused-ring (bicyclic) bond motifs is 4. The second-order valence-electron chi connectivity index (χ2n) is 8.23. The molecule has 9 heteroatoms. The van der Waals surface area contributed by atoms with E-state index in [1.54, 1.807) is 36.4 Å². The molecule has 0 unspecified atom stereocenters. The highest BCUT2D eigenvalue weighted by Crippen LogP contribution is 2.29. The fourth-order valence-corrected chi connectivity index (χ4v) is 5.26. The maximum atomic E-state index is 12.9. The Kier molecular flexibility index (Phi) is 5.47. The number of urea groups is 1. The lowest BCUT2D eigenvalue weighted by Crippen LogP contribution is -2.57. The van der Waals surface area contributed by atoms with E-state index in [0.717, 1.165) is 37.9 Å². The van der Waals surface area contributed by atoms with Crippen molar-refractivity contribution in [3.8, 4) is 6.07 Å². The number of aromatic nitrogens is 1. The van der Waals surface area contributed by atoms with E-state index in [-0.39, 0.29) is 11.9 Å². The molecule has 3 aliphatic rings. The lowest BCUT2D eigenvalue weighted by molar-refractivity contribution is 0.0623. The molecule has 2 bridgehead atoms. The van der Waals surface area contributed by atoms with Gasteiger partial charge in [-0.2, -0.15) is 9.64 Å². The first kappa shape index (κ1) is 20.4. The Hall–Kier alpha value is -3.48. The van der Waals surface area contributed by atoms with Gasteiger partial charge in [-0.3, -0.25) is 4.79 Å². The van der Waals surface area contributed by atoms with Gasteiger partial charge in [0.05, 0.1) is 17.1 Å². The number of nitrogens with zero attached hydrogens (tertiary/aromatic N) is 3. The van der Waals surface area contributed by atoms with Gasteiger partial charge < -0.3 is 20.9 Å².